The minimum absolute atomic E-state index is 0.0295. The van der Waals surface area contributed by atoms with E-state index in [9.17, 15) is 19.8 Å². The zero-order valence-electron chi connectivity index (χ0n) is 41.4. The van der Waals surface area contributed by atoms with Gasteiger partial charge in [-0.2, -0.15) is 0 Å². The molecule has 64 heavy (non-hydrogen) atoms. The number of rotatable bonds is 45. The highest BCUT2D eigenvalue weighted by molar-refractivity contribution is 5.77. The second-order valence-electron chi connectivity index (χ2n) is 17.3. The molecule has 6 heteroatoms. The summed E-state index contributed by atoms with van der Waals surface area (Å²) >= 11 is 0. The van der Waals surface area contributed by atoms with Gasteiger partial charge in [0, 0.05) is 6.42 Å². The molecule has 0 aliphatic carbocycles. The molecule has 0 aliphatic heterocycles. The van der Waals surface area contributed by atoms with Crippen molar-refractivity contribution in [2.45, 2.75) is 238 Å². The van der Waals surface area contributed by atoms with E-state index < -0.39 is 18.2 Å². The fraction of sp³-hybridized carbons (Fsp3) is 0.655. The molecule has 0 saturated heterocycles. The van der Waals surface area contributed by atoms with Crippen molar-refractivity contribution in [3.05, 3.63) is 109 Å². The summed E-state index contributed by atoms with van der Waals surface area (Å²) in [5.74, 6) is -0.562. The summed E-state index contributed by atoms with van der Waals surface area (Å²) in [5, 5.41) is 23.7. The average Bonchev–Trinajstić information content (AvgIpc) is 3.29. The van der Waals surface area contributed by atoms with Gasteiger partial charge in [-0.25, -0.2) is 0 Å². The summed E-state index contributed by atoms with van der Waals surface area (Å²) < 4.78 is 5.90. The molecule has 1 amide bonds. The molecule has 0 radical (unpaired) electrons. The van der Waals surface area contributed by atoms with Gasteiger partial charge >= 0.3 is 5.97 Å². The highest BCUT2D eigenvalue weighted by Gasteiger charge is 2.24. The van der Waals surface area contributed by atoms with E-state index in [1.54, 1.807) is 0 Å². The fourth-order valence-corrected chi connectivity index (χ4v) is 7.21. The maximum Gasteiger partial charge on any atom is 0.306 e. The van der Waals surface area contributed by atoms with E-state index in [0.717, 1.165) is 103 Å². The van der Waals surface area contributed by atoms with Gasteiger partial charge in [0.2, 0.25) is 5.91 Å². The maximum absolute atomic E-state index is 13.2. The lowest BCUT2D eigenvalue weighted by molar-refractivity contribution is -0.151. The van der Waals surface area contributed by atoms with Crippen LogP contribution in [0.1, 0.15) is 220 Å². The number of ether oxygens (including phenoxy) is 1. The van der Waals surface area contributed by atoms with Gasteiger partial charge in [-0.3, -0.25) is 9.59 Å². The molecule has 0 spiro atoms. The Morgan fingerprint density at radius 3 is 1.44 bits per heavy atom. The Balaban J connectivity index is 4.76. The summed E-state index contributed by atoms with van der Waals surface area (Å²) in [7, 11) is 0. The molecule has 6 nitrogen and oxygen atoms in total. The van der Waals surface area contributed by atoms with Crippen molar-refractivity contribution < 1.29 is 24.5 Å². The van der Waals surface area contributed by atoms with Crippen LogP contribution in [0.4, 0.5) is 0 Å². The predicted molar refractivity (Wildman–Crippen MR) is 277 cm³/mol. The molecule has 0 heterocycles. The molecular formula is C58H97NO5. The largest absolute Gasteiger partial charge is 0.462 e. The predicted octanol–water partition coefficient (Wildman–Crippen LogP) is 15.9. The molecule has 0 aromatic carbocycles. The van der Waals surface area contributed by atoms with Crippen LogP contribution in [0.5, 0.6) is 0 Å². The van der Waals surface area contributed by atoms with E-state index >= 15 is 0 Å². The van der Waals surface area contributed by atoms with Crippen LogP contribution in [-0.4, -0.2) is 46.9 Å². The molecule has 0 bridgehead atoms. The normalized spacial score (nSPS) is 14.1. The Kier molecular flexibility index (Phi) is 47.8. The lowest BCUT2D eigenvalue weighted by Gasteiger charge is -2.24. The van der Waals surface area contributed by atoms with E-state index in [0.29, 0.717) is 19.3 Å². The first-order valence-corrected chi connectivity index (χ1v) is 26.2. The van der Waals surface area contributed by atoms with Crippen molar-refractivity contribution in [2.75, 3.05) is 6.61 Å². The third-order valence-electron chi connectivity index (χ3n) is 11.2. The third kappa shape index (κ3) is 45.1. The van der Waals surface area contributed by atoms with Crippen LogP contribution in [0.25, 0.3) is 0 Å². The average molecular weight is 888 g/mol. The first kappa shape index (κ1) is 60.5. The molecule has 3 N–H and O–H groups in total. The Bertz CT molecular complexity index is 1320. The third-order valence-corrected chi connectivity index (χ3v) is 11.2. The molecule has 3 atom stereocenters. The number of carbonyl (C=O) groups is 2. The van der Waals surface area contributed by atoms with Gasteiger partial charge in [-0.05, 0) is 89.9 Å². The van der Waals surface area contributed by atoms with Crippen molar-refractivity contribution in [2.24, 2.45) is 0 Å². The van der Waals surface area contributed by atoms with Gasteiger partial charge in [0.15, 0.2) is 0 Å². The van der Waals surface area contributed by atoms with Gasteiger partial charge in [-0.15, -0.1) is 0 Å². The molecule has 0 aliphatic rings. The van der Waals surface area contributed by atoms with Crippen LogP contribution in [-0.2, 0) is 14.3 Å². The Morgan fingerprint density at radius 2 is 0.891 bits per heavy atom. The zero-order chi connectivity index (χ0) is 46.7. The molecular weight excluding hydrogens is 791 g/mol. The Morgan fingerprint density at radius 1 is 0.469 bits per heavy atom. The van der Waals surface area contributed by atoms with Crippen LogP contribution in [0.15, 0.2) is 109 Å². The number of carbonyl (C=O) groups excluding carboxylic acids is 2. The van der Waals surface area contributed by atoms with Crippen molar-refractivity contribution in [3.8, 4) is 0 Å². The number of unbranched alkanes of at least 4 members (excludes halogenated alkanes) is 19. The Hall–Kier alpha value is -3.48. The molecule has 0 saturated carbocycles. The summed E-state index contributed by atoms with van der Waals surface area (Å²) in [5.41, 5.74) is 0. The number of amides is 1. The van der Waals surface area contributed by atoms with E-state index in [-0.39, 0.29) is 24.9 Å². The number of hydrogen-bond acceptors (Lipinski definition) is 5. The number of aliphatic hydroxyl groups is 2. The van der Waals surface area contributed by atoms with Crippen molar-refractivity contribution >= 4 is 11.9 Å². The topological polar surface area (TPSA) is 95.9 Å². The molecule has 364 valence electrons. The SMILES string of the molecule is CCC/C=C/C=C/C=C/C=C/C=C/CCCCCC(CC(=O)NC(CO)C(O)CCCCCCCCCCCC)OC(=O)CCCCC/C=C\C/C=C\C/C=C\C/C=C\CCCCC. The molecule has 0 aromatic rings. The summed E-state index contributed by atoms with van der Waals surface area (Å²) in [6, 6.07) is -0.729. The van der Waals surface area contributed by atoms with Gasteiger partial charge in [0.1, 0.15) is 6.10 Å². The van der Waals surface area contributed by atoms with Gasteiger partial charge < -0.3 is 20.3 Å². The lowest BCUT2D eigenvalue weighted by atomic mass is 10.0. The molecule has 0 rings (SSSR count). The zero-order valence-corrected chi connectivity index (χ0v) is 41.4. The fourth-order valence-electron chi connectivity index (χ4n) is 7.21. The monoisotopic (exact) mass is 888 g/mol. The van der Waals surface area contributed by atoms with E-state index in [1.807, 2.05) is 36.5 Å². The minimum atomic E-state index is -0.811. The second-order valence-corrected chi connectivity index (χ2v) is 17.3. The molecule has 0 fully saturated rings. The lowest BCUT2D eigenvalue weighted by Crippen LogP contribution is -2.46. The van der Waals surface area contributed by atoms with Gasteiger partial charge in [0.25, 0.3) is 0 Å². The second kappa shape index (κ2) is 50.5. The van der Waals surface area contributed by atoms with Gasteiger partial charge in [-0.1, -0.05) is 226 Å². The smallest absolute Gasteiger partial charge is 0.306 e. The highest BCUT2D eigenvalue weighted by atomic mass is 16.5. The van der Waals surface area contributed by atoms with Crippen LogP contribution in [0, 0.1) is 0 Å². The van der Waals surface area contributed by atoms with Crippen molar-refractivity contribution in [1.29, 1.82) is 0 Å². The summed E-state index contributed by atoms with van der Waals surface area (Å²) in [6.45, 7) is 6.32. The van der Waals surface area contributed by atoms with E-state index in [4.69, 9.17) is 4.74 Å². The first-order chi connectivity index (χ1) is 31.5. The van der Waals surface area contributed by atoms with Crippen LogP contribution < -0.4 is 5.32 Å². The number of aliphatic hydroxyl groups excluding tert-OH is 2. The van der Waals surface area contributed by atoms with Crippen LogP contribution in [0.2, 0.25) is 0 Å². The summed E-state index contributed by atoms with van der Waals surface area (Å²) in [4.78, 5) is 26.2. The maximum atomic E-state index is 13.2. The van der Waals surface area contributed by atoms with E-state index in [1.165, 1.54) is 70.6 Å². The molecule has 0 aromatic heterocycles. The van der Waals surface area contributed by atoms with Crippen LogP contribution in [0.3, 0.4) is 0 Å². The number of hydrogen-bond donors (Lipinski definition) is 3. The van der Waals surface area contributed by atoms with Crippen molar-refractivity contribution in [3.63, 3.8) is 0 Å². The summed E-state index contributed by atoms with van der Waals surface area (Å²) in [6.07, 6.45) is 68.5. The van der Waals surface area contributed by atoms with E-state index in [2.05, 4.69) is 99.0 Å². The molecule has 3 unspecified atom stereocenters. The standard InChI is InChI=1S/C58H97NO5/c1-4-7-10-13-16-19-22-24-26-28-29-30-32-34-36-39-42-45-48-51-58(63)64-54(49-46-43-40-37-35-33-31-27-25-23-20-17-14-11-8-5-2)52-57(62)59-55(53-60)56(61)50-47-44-41-38-21-18-15-12-9-6-3/h11,14,16-17,19-20,23-27,29-31,33-36,54-56,60-61H,4-10,12-13,15,18,21-22,28,32,37-53H2,1-3H3,(H,59,62)/b14-11+,19-16-,20-17+,25-23+,26-24-,30-29-,31-27+,35-33+,36-34-. The van der Waals surface area contributed by atoms with Crippen LogP contribution >= 0.6 is 0 Å². The number of allylic oxidation sites excluding steroid dienone is 18. The van der Waals surface area contributed by atoms with Crippen molar-refractivity contribution in [1.82, 2.24) is 5.32 Å². The quantitative estimate of drug-likeness (QED) is 0.0245. The number of nitrogens with one attached hydrogen (secondary N) is 1. The minimum Gasteiger partial charge on any atom is -0.462 e. The highest BCUT2D eigenvalue weighted by Crippen LogP contribution is 2.17. The van der Waals surface area contributed by atoms with Gasteiger partial charge in [0.05, 0.1) is 25.2 Å². The first-order valence-electron chi connectivity index (χ1n) is 26.2. The number of esters is 1. The Labute approximate surface area is 394 Å².